The number of rotatable bonds is 3. The van der Waals surface area contributed by atoms with E-state index in [2.05, 4.69) is 27.0 Å². The molecule has 0 saturated carbocycles. The molecule has 0 atom stereocenters. The van der Waals surface area contributed by atoms with Crippen LogP contribution in [0, 0.1) is 17.1 Å². The van der Waals surface area contributed by atoms with Gasteiger partial charge in [-0.2, -0.15) is 5.26 Å². The van der Waals surface area contributed by atoms with Gasteiger partial charge in [0.25, 0.3) is 0 Å². The van der Waals surface area contributed by atoms with Gasteiger partial charge in [0.05, 0.1) is 5.56 Å². The topological polar surface area (TPSA) is 36.7 Å². The number of aromatic nitrogens is 1. The van der Waals surface area contributed by atoms with E-state index in [1.807, 2.05) is 24.3 Å². The fourth-order valence-corrected chi connectivity index (χ4v) is 3.24. The molecule has 23 heavy (non-hydrogen) atoms. The van der Waals surface area contributed by atoms with Gasteiger partial charge < -0.3 is 0 Å². The summed E-state index contributed by atoms with van der Waals surface area (Å²) in [5.41, 5.74) is 2.04. The first-order valence-corrected chi connectivity index (χ1v) is 8.37. The van der Waals surface area contributed by atoms with Crippen molar-refractivity contribution in [3.8, 4) is 17.2 Å². The lowest BCUT2D eigenvalue weighted by atomic mass is 10.0. The standard InChI is InChI=1S/C18H10BrFN2S/c19-13-3-7-15(8-4-13)23-18-17(11-21)16(9-10-22-18)12-1-5-14(20)6-2-12/h1-10H. The minimum Gasteiger partial charge on any atom is -0.248 e. The van der Waals surface area contributed by atoms with Gasteiger partial charge in [0.1, 0.15) is 16.9 Å². The van der Waals surface area contributed by atoms with E-state index < -0.39 is 0 Å². The summed E-state index contributed by atoms with van der Waals surface area (Å²) in [5, 5.41) is 10.2. The van der Waals surface area contributed by atoms with E-state index in [1.165, 1.54) is 23.9 Å². The van der Waals surface area contributed by atoms with E-state index in [4.69, 9.17) is 0 Å². The van der Waals surface area contributed by atoms with Gasteiger partial charge in [0, 0.05) is 21.1 Å². The summed E-state index contributed by atoms with van der Waals surface area (Å²) in [5.74, 6) is -0.300. The van der Waals surface area contributed by atoms with Crippen molar-refractivity contribution in [1.29, 1.82) is 5.26 Å². The van der Waals surface area contributed by atoms with Crippen molar-refractivity contribution < 1.29 is 4.39 Å². The Labute approximate surface area is 146 Å². The van der Waals surface area contributed by atoms with Gasteiger partial charge in [-0.25, -0.2) is 9.37 Å². The highest BCUT2D eigenvalue weighted by Crippen LogP contribution is 2.34. The first-order chi connectivity index (χ1) is 11.2. The Kier molecular flexibility index (Phi) is 4.75. The molecule has 5 heteroatoms. The summed E-state index contributed by atoms with van der Waals surface area (Å²) in [7, 11) is 0. The molecular formula is C18H10BrFN2S. The number of hydrogen-bond donors (Lipinski definition) is 0. The van der Waals surface area contributed by atoms with Crippen molar-refractivity contribution in [3.05, 3.63) is 76.6 Å². The zero-order valence-corrected chi connectivity index (χ0v) is 14.2. The molecule has 2 nitrogen and oxygen atoms in total. The van der Waals surface area contributed by atoms with Gasteiger partial charge in [0.2, 0.25) is 0 Å². The molecule has 0 bridgehead atoms. The summed E-state index contributed by atoms with van der Waals surface area (Å²) in [4.78, 5) is 5.32. The molecule has 0 aliphatic rings. The van der Waals surface area contributed by atoms with Crippen LogP contribution in [-0.4, -0.2) is 4.98 Å². The second-order valence-corrected chi connectivity index (χ2v) is 6.69. The van der Waals surface area contributed by atoms with E-state index in [0.29, 0.717) is 10.6 Å². The maximum absolute atomic E-state index is 13.1. The van der Waals surface area contributed by atoms with Gasteiger partial charge in [-0.05, 0) is 48.0 Å². The average molecular weight is 385 g/mol. The van der Waals surface area contributed by atoms with Crippen molar-refractivity contribution in [1.82, 2.24) is 4.98 Å². The minimum atomic E-state index is -0.300. The van der Waals surface area contributed by atoms with E-state index in [-0.39, 0.29) is 5.82 Å². The van der Waals surface area contributed by atoms with Gasteiger partial charge >= 0.3 is 0 Å². The van der Waals surface area contributed by atoms with Crippen LogP contribution in [0.4, 0.5) is 4.39 Å². The zero-order chi connectivity index (χ0) is 16.2. The van der Waals surface area contributed by atoms with Crippen molar-refractivity contribution in [3.63, 3.8) is 0 Å². The summed E-state index contributed by atoms with van der Waals surface area (Å²) in [6, 6.07) is 17.9. The van der Waals surface area contributed by atoms with E-state index >= 15 is 0 Å². The lowest BCUT2D eigenvalue weighted by molar-refractivity contribution is 0.628. The molecule has 1 aromatic heterocycles. The predicted molar refractivity (Wildman–Crippen MR) is 92.6 cm³/mol. The third kappa shape index (κ3) is 3.61. The monoisotopic (exact) mass is 384 g/mol. The highest BCUT2D eigenvalue weighted by Gasteiger charge is 2.12. The number of nitriles is 1. The molecule has 2 aromatic carbocycles. The Balaban J connectivity index is 2.02. The summed E-state index contributed by atoms with van der Waals surface area (Å²) in [6.45, 7) is 0. The highest BCUT2D eigenvalue weighted by molar-refractivity contribution is 9.10. The molecule has 0 saturated heterocycles. The molecule has 0 aliphatic carbocycles. The van der Waals surface area contributed by atoms with E-state index in [1.54, 1.807) is 24.4 Å². The van der Waals surface area contributed by atoms with Crippen LogP contribution in [0.2, 0.25) is 0 Å². The number of halogens is 2. The Morgan fingerprint density at radius 3 is 2.35 bits per heavy atom. The van der Waals surface area contributed by atoms with E-state index in [9.17, 15) is 9.65 Å². The van der Waals surface area contributed by atoms with Crippen LogP contribution in [-0.2, 0) is 0 Å². The Morgan fingerprint density at radius 1 is 1.00 bits per heavy atom. The third-order valence-corrected chi connectivity index (χ3v) is 4.75. The smallest absolute Gasteiger partial charge is 0.123 e. The van der Waals surface area contributed by atoms with Gasteiger partial charge in [0.15, 0.2) is 0 Å². The molecule has 0 unspecified atom stereocenters. The minimum absolute atomic E-state index is 0.300. The lowest BCUT2D eigenvalue weighted by Crippen LogP contribution is -1.91. The fraction of sp³-hybridized carbons (Fsp3) is 0. The van der Waals surface area contributed by atoms with Crippen molar-refractivity contribution in [2.24, 2.45) is 0 Å². The maximum Gasteiger partial charge on any atom is 0.123 e. The van der Waals surface area contributed by atoms with Crippen molar-refractivity contribution in [2.75, 3.05) is 0 Å². The molecule has 0 radical (unpaired) electrons. The van der Waals surface area contributed by atoms with E-state index in [0.717, 1.165) is 20.5 Å². The fourth-order valence-electron chi connectivity index (χ4n) is 2.11. The molecule has 0 spiro atoms. The second-order valence-electron chi connectivity index (χ2n) is 4.71. The molecule has 0 amide bonds. The van der Waals surface area contributed by atoms with Gasteiger partial charge in [-0.3, -0.25) is 0 Å². The molecule has 112 valence electrons. The molecule has 0 N–H and O–H groups in total. The Morgan fingerprint density at radius 2 is 1.70 bits per heavy atom. The number of benzene rings is 2. The van der Waals surface area contributed by atoms with Crippen LogP contribution < -0.4 is 0 Å². The van der Waals surface area contributed by atoms with Crippen LogP contribution in [0.3, 0.4) is 0 Å². The maximum atomic E-state index is 13.1. The first kappa shape index (κ1) is 15.7. The van der Waals surface area contributed by atoms with Crippen LogP contribution in [0.5, 0.6) is 0 Å². The molecule has 0 fully saturated rings. The predicted octanol–water partition coefficient (Wildman–Crippen LogP) is 5.67. The van der Waals surface area contributed by atoms with Crippen LogP contribution in [0.1, 0.15) is 5.56 Å². The van der Waals surface area contributed by atoms with Gasteiger partial charge in [-0.15, -0.1) is 0 Å². The van der Waals surface area contributed by atoms with Crippen molar-refractivity contribution in [2.45, 2.75) is 9.92 Å². The lowest BCUT2D eigenvalue weighted by Gasteiger charge is -2.08. The second kappa shape index (κ2) is 6.95. The molecular weight excluding hydrogens is 375 g/mol. The average Bonchev–Trinajstić information content (AvgIpc) is 2.57. The highest BCUT2D eigenvalue weighted by atomic mass is 79.9. The number of hydrogen-bond acceptors (Lipinski definition) is 3. The van der Waals surface area contributed by atoms with Crippen LogP contribution in [0.15, 0.2) is 75.2 Å². The molecule has 1 heterocycles. The Bertz CT molecular complexity index is 871. The van der Waals surface area contributed by atoms with Crippen LogP contribution >= 0.6 is 27.7 Å². The molecule has 3 aromatic rings. The normalized spacial score (nSPS) is 10.3. The summed E-state index contributed by atoms with van der Waals surface area (Å²) in [6.07, 6.45) is 1.67. The number of nitrogens with zero attached hydrogens (tertiary/aromatic N) is 2. The molecule has 3 rings (SSSR count). The zero-order valence-electron chi connectivity index (χ0n) is 11.8. The summed E-state index contributed by atoms with van der Waals surface area (Å²) < 4.78 is 14.1. The Hall–Kier alpha value is -2.16. The molecule has 0 aliphatic heterocycles. The number of pyridine rings is 1. The van der Waals surface area contributed by atoms with Crippen molar-refractivity contribution >= 4 is 27.7 Å². The first-order valence-electron chi connectivity index (χ1n) is 6.76. The van der Waals surface area contributed by atoms with Gasteiger partial charge in [-0.1, -0.05) is 39.8 Å². The van der Waals surface area contributed by atoms with Crippen LogP contribution in [0.25, 0.3) is 11.1 Å². The summed E-state index contributed by atoms with van der Waals surface area (Å²) >= 11 is 4.83. The SMILES string of the molecule is N#Cc1c(-c2ccc(F)cc2)ccnc1Sc1ccc(Br)cc1. The quantitative estimate of drug-likeness (QED) is 0.583. The third-order valence-electron chi connectivity index (χ3n) is 3.21. The largest absolute Gasteiger partial charge is 0.248 e.